The van der Waals surface area contributed by atoms with Gasteiger partial charge in [0.05, 0.1) is 0 Å². The molecule has 0 N–H and O–H groups in total. The van der Waals surface area contributed by atoms with Gasteiger partial charge in [-0.15, -0.1) is 0 Å². The number of benzene rings is 2. The van der Waals surface area contributed by atoms with Gasteiger partial charge in [-0.2, -0.15) is 0 Å². The lowest BCUT2D eigenvalue weighted by Gasteiger charge is -2.06. The average Bonchev–Trinajstić information content (AvgIpc) is 2.38. The van der Waals surface area contributed by atoms with Crippen LogP contribution in [0.1, 0.15) is 22.3 Å². The zero-order valence-electron chi connectivity index (χ0n) is 11.5. The molecule has 20 heavy (non-hydrogen) atoms. The summed E-state index contributed by atoms with van der Waals surface area (Å²) < 4.78 is 13.6. The molecule has 2 rings (SSSR count). The molecule has 1 nitrogen and oxygen atoms in total. The summed E-state index contributed by atoms with van der Waals surface area (Å²) in [5.74, 6) is -0.405. The second-order valence-corrected chi connectivity index (χ2v) is 5.48. The second kappa shape index (κ2) is 6.19. The van der Waals surface area contributed by atoms with Crippen molar-refractivity contribution < 1.29 is 9.18 Å². The monoisotopic (exact) mass is 290 g/mol. The Kier molecular flexibility index (Phi) is 4.56. The average molecular weight is 291 g/mol. The lowest BCUT2D eigenvalue weighted by molar-refractivity contribution is -0.117. The molecule has 0 aliphatic rings. The highest BCUT2D eigenvalue weighted by Crippen LogP contribution is 2.17. The molecule has 0 aromatic heterocycles. The van der Waals surface area contributed by atoms with Crippen molar-refractivity contribution in [2.75, 3.05) is 0 Å². The van der Waals surface area contributed by atoms with E-state index in [1.807, 2.05) is 32.0 Å². The SMILES string of the molecule is Cc1ccc(CC(=O)Cc2cc(Cl)ccc2F)cc1C. The third-order valence-electron chi connectivity index (χ3n) is 3.37. The van der Waals surface area contributed by atoms with Crippen molar-refractivity contribution in [1.82, 2.24) is 0 Å². The summed E-state index contributed by atoms with van der Waals surface area (Å²) in [7, 11) is 0. The van der Waals surface area contributed by atoms with Crippen LogP contribution in [0.25, 0.3) is 0 Å². The maximum absolute atomic E-state index is 13.6. The Bertz CT molecular complexity index is 649. The van der Waals surface area contributed by atoms with Crippen molar-refractivity contribution in [1.29, 1.82) is 0 Å². The number of carbonyl (C=O) groups excluding carboxylic acids is 1. The molecule has 0 saturated carbocycles. The minimum atomic E-state index is -0.386. The van der Waals surface area contributed by atoms with Gasteiger partial charge in [-0.3, -0.25) is 4.79 Å². The third-order valence-corrected chi connectivity index (χ3v) is 3.60. The van der Waals surface area contributed by atoms with E-state index in [0.717, 1.165) is 11.1 Å². The summed E-state index contributed by atoms with van der Waals surface area (Å²) in [5.41, 5.74) is 3.66. The van der Waals surface area contributed by atoms with Crippen molar-refractivity contribution in [3.63, 3.8) is 0 Å². The molecular weight excluding hydrogens is 275 g/mol. The zero-order valence-corrected chi connectivity index (χ0v) is 12.3. The van der Waals surface area contributed by atoms with E-state index in [2.05, 4.69) is 0 Å². The Hall–Kier alpha value is -1.67. The van der Waals surface area contributed by atoms with Gasteiger partial charge in [-0.05, 0) is 54.3 Å². The van der Waals surface area contributed by atoms with Crippen molar-refractivity contribution in [2.45, 2.75) is 26.7 Å². The molecule has 0 fully saturated rings. The fraction of sp³-hybridized carbons (Fsp3) is 0.235. The van der Waals surface area contributed by atoms with E-state index >= 15 is 0 Å². The van der Waals surface area contributed by atoms with E-state index < -0.39 is 0 Å². The van der Waals surface area contributed by atoms with Gasteiger partial charge in [0.1, 0.15) is 11.6 Å². The molecule has 0 spiro atoms. The maximum Gasteiger partial charge on any atom is 0.141 e. The Morgan fingerprint density at radius 2 is 1.80 bits per heavy atom. The van der Waals surface area contributed by atoms with Gasteiger partial charge in [0.2, 0.25) is 0 Å². The maximum atomic E-state index is 13.6. The van der Waals surface area contributed by atoms with Gasteiger partial charge in [0.15, 0.2) is 0 Å². The van der Waals surface area contributed by atoms with Crippen LogP contribution in [-0.2, 0) is 17.6 Å². The van der Waals surface area contributed by atoms with Gasteiger partial charge in [-0.1, -0.05) is 29.8 Å². The molecule has 3 heteroatoms. The molecule has 0 aliphatic heterocycles. The van der Waals surface area contributed by atoms with Gasteiger partial charge >= 0.3 is 0 Å². The first-order valence-corrected chi connectivity index (χ1v) is 6.85. The van der Waals surface area contributed by atoms with Gasteiger partial charge < -0.3 is 0 Å². The summed E-state index contributed by atoms with van der Waals surface area (Å²) in [6.45, 7) is 4.04. The number of hydrogen-bond donors (Lipinski definition) is 0. The third kappa shape index (κ3) is 3.67. The molecule has 0 radical (unpaired) electrons. The molecule has 2 aromatic carbocycles. The Morgan fingerprint density at radius 1 is 1.05 bits per heavy atom. The molecule has 104 valence electrons. The summed E-state index contributed by atoms with van der Waals surface area (Å²) in [6.07, 6.45) is 0.381. The number of halogens is 2. The van der Waals surface area contributed by atoms with Crippen LogP contribution >= 0.6 is 11.6 Å². The van der Waals surface area contributed by atoms with Gasteiger partial charge in [-0.25, -0.2) is 4.39 Å². The molecular formula is C17H16ClFO. The Balaban J connectivity index is 2.09. The van der Waals surface area contributed by atoms with Crippen molar-refractivity contribution in [3.05, 3.63) is 69.5 Å². The van der Waals surface area contributed by atoms with Gasteiger partial charge in [0, 0.05) is 17.9 Å². The van der Waals surface area contributed by atoms with E-state index in [9.17, 15) is 9.18 Å². The molecule has 0 atom stereocenters. The molecule has 0 saturated heterocycles. The fourth-order valence-electron chi connectivity index (χ4n) is 2.09. The highest BCUT2D eigenvalue weighted by molar-refractivity contribution is 6.30. The van der Waals surface area contributed by atoms with Gasteiger partial charge in [0.25, 0.3) is 0 Å². The van der Waals surface area contributed by atoms with E-state index in [-0.39, 0.29) is 18.0 Å². The second-order valence-electron chi connectivity index (χ2n) is 5.05. The first-order valence-electron chi connectivity index (χ1n) is 6.47. The molecule has 2 aromatic rings. The topological polar surface area (TPSA) is 17.1 Å². The predicted octanol–water partition coefficient (Wildman–Crippen LogP) is 4.45. The quantitative estimate of drug-likeness (QED) is 0.813. The van der Waals surface area contributed by atoms with Crippen LogP contribution < -0.4 is 0 Å². The number of hydrogen-bond acceptors (Lipinski definition) is 1. The summed E-state index contributed by atoms with van der Waals surface area (Å²) in [6, 6.07) is 10.2. The van der Waals surface area contributed by atoms with Crippen molar-refractivity contribution in [2.24, 2.45) is 0 Å². The number of ketones is 1. The highest BCUT2D eigenvalue weighted by atomic mass is 35.5. The fourth-order valence-corrected chi connectivity index (χ4v) is 2.29. The van der Waals surface area contributed by atoms with E-state index in [0.29, 0.717) is 17.0 Å². The summed E-state index contributed by atoms with van der Waals surface area (Å²) in [4.78, 5) is 12.0. The first-order chi connectivity index (χ1) is 9.45. The number of rotatable bonds is 4. The number of carbonyl (C=O) groups is 1. The van der Waals surface area contributed by atoms with Crippen molar-refractivity contribution in [3.8, 4) is 0 Å². The van der Waals surface area contributed by atoms with Crippen LogP contribution in [-0.4, -0.2) is 5.78 Å². The minimum absolute atomic E-state index is 0.0191. The lowest BCUT2D eigenvalue weighted by Crippen LogP contribution is -2.08. The highest BCUT2D eigenvalue weighted by Gasteiger charge is 2.10. The zero-order chi connectivity index (χ0) is 14.7. The smallest absolute Gasteiger partial charge is 0.141 e. The lowest BCUT2D eigenvalue weighted by atomic mass is 9.99. The number of Topliss-reactive ketones (excluding diaryl/α,β-unsaturated/α-hetero) is 1. The largest absolute Gasteiger partial charge is 0.299 e. The standard InChI is InChI=1S/C17H16ClFO/c1-11-3-4-13(7-12(11)2)8-16(20)10-14-9-15(18)5-6-17(14)19/h3-7,9H,8,10H2,1-2H3. The van der Waals surface area contributed by atoms with Crippen LogP contribution in [0.3, 0.4) is 0 Å². The molecule has 0 unspecified atom stereocenters. The molecule has 0 heterocycles. The number of aryl methyl sites for hydroxylation is 2. The normalized spacial score (nSPS) is 10.6. The molecule has 0 bridgehead atoms. The first kappa shape index (κ1) is 14.7. The van der Waals surface area contributed by atoms with E-state index in [4.69, 9.17) is 11.6 Å². The summed E-state index contributed by atoms with van der Waals surface area (Å²) in [5, 5.41) is 0.445. The van der Waals surface area contributed by atoms with Crippen LogP contribution in [0.4, 0.5) is 4.39 Å². The predicted molar refractivity (Wildman–Crippen MR) is 79.7 cm³/mol. The van der Waals surface area contributed by atoms with Crippen molar-refractivity contribution >= 4 is 17.4 Å². The van der Waals surface area contributed by atoms with Crippen LogP contribution in [0.2, 0.25) is 5.02 Å². The van der Waals surface area contributed by atoms with E-state index in [1.165, 1.54) is 23.8 Å². The van der Waals surface area contributed by atoms with Crippen LogP contribution in [0, 0.1) is 19.7 Å². The van der Waals surface area contributed by atoms with Crippen LogP contribution in [0.5, 0.6) is 0 Å². The Labute approximate surface area is 123 Å². The van der Waals surface area contributed by atoms with E-state index in [1.54, 1.807) is 0 Å². The summed E-state index contributed by atoms with van der Waals surface area (Å²) >= 11 is 5.82. The Morgan fingerprint density at radius 3 is 2.50 bits per heavy atom. The molecule has 0 aliphatic carbocycles. The minimum Gasteiger partial charge on any atom is -0.299 e. The molecule has 0 amide bonds. The van der Waals surface area contributed by atoms with Crippen LogP contribution in [0.15, 0.2) is 36.4 Å².